The Kier molecular flexibility index (Phi) is 7.68. The van der Waals surface area contributed by atoms with Crippen LogP contribution in [0.1, 0.15) is 17.5 Å². The van der Waals surface area contributed by atoms with E-state index in [0.29, 0.717) is 23.4 Å². The molecule has 1 saturated carbocycles. The smallest absolute Gasteiger partial charge is 0.404 e. The molecule has 10 nitrogen and oxygen atoms in total. The number of nitrogens with two attached hydrogens (primary N) is 1. The number of nitrogens with zero attached hydrogens (tertiary/aromatic N) is 3. The second kappa shape index (κ2) is 11.1. The molecule has 2 heterocycles. The number of fused-ring (bicyclic) bond motifs is 3. The maximum atomic E-state index is 11.5. The maximum Gasteiger partial charge on any atom is 0.404 e. The van der Waals surface area contributed by atoms with Gasteiger partial charge in [0.2, 0.25) is 5.95 Å². The highest BCUT2D eigenvalue weighted by Gasteiger charge is 2.47. The first-order chi connectivity index (χ1) is 18.0. The Morgan fingerprint density at radius 2 is 2.03 bits per heavy atom. The molecule has 3 aliphatic rings. The lowest BCUT2D eigenvalue weighted by atomic mass is 9.98. The molecular weight excluding hydrogens is 496 g/mol. The first kappa shape index (κ1) is 25.6. The molecule has 1 aromatic heterocycles. The first-order valence-electron chi connectivity index (χ1n) is 12.6. The minimum atomic E-state index is -0.786. The van der Waals surface area contributed by atoms with Gasteiger partial charge in [-0.15, -0.1) is 0 Å². The number of benzene rings is 1. The summed E-state index contributed by atoms with van der Waals surface area (Å²) in [4.78, 5) is 23.0. The molecule has 5 rings (SSSR count). The average molecular weight is 529 g/mol. The number of carbonyl (C=O) groups is 1. The van der Waals surface area contributed by atoms with Crippen molar-refractivity contribution in [3.63, 3.8) is 0 Å². The van der Waals surface area contributed by atoms with Gasteiger partial charge in [0.1, 0.15) is 16.9 Å². The van der Waals surface area contributed by atoms with E-state index in [0.717, 1.165) is 50.3 Å². The molecule has 1 amide bonds. The summed E-state index contributed by atoms with van der Waals surface area (Å²) >= 11 is 6.48. The third kappa shape index (κ3) is 5.46. The third-order valence-electron chi connectivity index (χ3n) is 7.50. The van der Waals surface area contributed by atoms with Crippen molar-refractivity contribution in [3.8, 4) is 5.75 Å². The van der Waals surface area contributed by atoms with Crippen LogP contribution in [0.2, 0.25) is 5.02 Å². The fraction of sp³-hybridized carbons (Fsp3) is 0.500. The summed E-state index contributed by atoms with van der Waals surface area (Å²) in [5.74, 6) is 1.91. The maximum absolute atomic E-state index is 11.5. The molecule has 4 unspecified atom stereocenters. The van der Waals surface area contributed by atoms with Crippen molar-refractivity contribution in [2.75, 3.05) is 51.1 Å². The van der Waals surface area contributed by atoms with Crippen molar-refractivity contribution in [2.45, 2.75) is 31.4 Å². The number of rotatable bonds is 9. The van der Waals surface area contributed by atoms with Crippen LogP contribution in [0, 0.1) is 11.8 Å². The van der Waals surface area contributed by atoms with Crippen LogP contribution in [0.5, 0.6) is 5.75 Å². The zero-order valence-corrected chi connectivity index (χ0v) is 21.8. The van der Waals surface area contributed by atoms with Crippen molar-refractivity contribution in [1.29, 1.82) is 0 Å². The minimum Gasteiger partial charge on any atom is -0.495 e. The SMILES string of the molecule is COCCN1CCc2ccc(OC)c(Nc3ncc(Cl)c(NC4C5C=CC(C5)C4OC(N)=O)n3)c2CC1. The quantitative estimate of drug-likeness (QED) is 0.420. The van der Waals surface area contributed by atoms with Crippen LogP contribution < -0.4 is 21.1 Å². The first-order valence-corrected chi connectivity index (χ1v) is 12.9. The highest BCUT2D eigenvalue weighted by atomic mass is 35.5. The largest absolute Gasteiger partial charge is 0.495 e. The number of methoxy groups -OCH3 is 2. The Morgan fingerprint density at radius 1 is 1.22 bits per heavy atom. The van der Waals surface area contributed by atoms with E-state index in [9.17, 15) is 4.79 Å². The van der Waals surface area contributed by atoms with Crippen molar-refractivity contribution >= 4 is 35.1 Å². The van der Waals surface area contributed by atoms with Crippen LogP contribution in [0.4, 0.5) is 22.2 Å². The van der Waals surface area contributed by atoms with Crippen LogP contribution in [-0.2, 0) is 22.3 Å². The number of hydrogen-bond acceptors (Lipinski definition) is 9. The highest BCUT2D eigenvalue weighted by molar-refractivity contribution is 6.32. The normalized spacial score (nSPS) is 24.4. The Bertz CT molecular complexity index is 1180. The number of hydrogen-bond donors (Lipinski definition) is 3. The molecule has 1 aromatic carbocycles. The van der Waals surface area contributed by atoms with Crippen LogP contribution in [0.25, 0.3) is 0 Å². The topological polar surface area (TPSA) is 124 Å². The number of nitrogens with one attached hydrogen (secondary N) is 2. The van der Waals surface area contributed by atoms with Gasteiger partial charge in [0, 0.05) is 38.6 Å². The second-order valence-electron chi connectivity index (χ2n) is 9.65. The summed E-state index contributed by atoms with van der Waals surface area (Å²) in [5, 5.41) is 7.17. The molecule has 1 fully saturated rings. The standard InChI is InChI=1S/C26H33ClN6O4/c1-35-12-11-33-9-7-15-5-6-20(36-2)22(18(15)8-10-33)31-26-29-14-19(27)24(32-26)30-21-16-3-4-17(13-16)23(21)37-25(28)34/h3-6,14,16-17,21,23H,7-13H2,1-2H3,(H2,28,34)(H2,29,30,31,32). The van der Waals surface area contributed by atoms with Gasteiger partial charge in [-0.25, -0.2) is 9.78 Å². The van der Waals surface area contributed by atoms with Crippen LogP contribution in [0.3, 0.4) is 0 Å². The van der Waals surface area contributed by atoms with Gasteiger partial charge in [-0.3, -0.25) is 0 Å². The van der Waals surface area contributed by atoms with Crippen LogP contribution in [0.15, 0.2) is 30.5 Å². The van der Waals surface area contributed by atoms with Gasteiger partial charge in [-0.1, -0.05) is 29.8 Å². The minimum absolute atomic E-state index is 0.126. The van der Waals surface area contributed by atoms with E-state index in [1.807, 2.05) is 6.07 Å². The fourth-order valence-electron chi connectivity index (χ4n) is 5.66. The number of primary amides is 1. The lowest BCUT2D eigenvalue weighted by molar-refractivity contribution is 0.0853. The van der Waals surface area contributed by atoms with Crippen LogP contribution >= 0.6 is 11.6 Å². The van der Waals surface area contributed by atoms with E-state index in [1.165, 1.54) is 11.1 Å². The molecule has 1 aliphatic heterocycles. The van der Waals surface area contributed by atoms with Gasteiger partial charge in [0.15, 0.2) is 5.82 Å². The Balaban J connectivity index is 1.38. The summed E-state index contributed by atoms with van der Waals surface area (Å²) < 4.78 is 16.4. The molecule has 11 heteroatoms. The van der Waals surface area contributed by atoms with Crippen molar-refractivity contribution in [1.82, 2.24) is 14.9 Å². The lowest BCUT2D eigenvalue weighted by Crippen LogP contribution is -2.41. The molecule has 2 aliphatic carbocycles. The molecule has 0 radical (unpaired) electrons. The second-order valence-corrected chi connectivity index (χ2v) is 10.1. The van der Waals surface area contributed by atoms with E-state index >= 15 is 0 Å². The Labute approximate surface area is 221 Å². The van der Waals surface area contributed by atoms with Crippen molar-refractivity contribution in [3.05, 3.63) is 46.6 Å². The predicted octanol–water partition coefficient (Wildman–Crippen LogP) is 3.38. The molecule has 4 atom stereocenters. The van der Waals surface area contributed by atoms with E-state index in [2.05, 4.69) is 43.7 Å². The molecule has 198 valence electrons. The summed E-state index contributed by atoms with van der Waals surface area (Å²) in [6.45, 7) is 3.51. The molecule has 4 N–H and O–H groups in total. The fourth-order valence-corrected chi connectivity index (χ4v) is 5.81. The molecule has 0 saturated heterocycles. The average Bonchev–Trinajstić information content (AvgIpc) is 3.41. The molecule has 2 aromatic rings. The van der Waals surface area contributed by atoms with Crippen molar-refractivity contribution in [2.24, 2.45) is 17.6 Å². The molecule has 0 spiro atoms. The number of amides is 1. The van der Waals surface area contributed by atoms with Gasteiger partial charge >= 0.3 is 6.09 Å². The van der Waals surface area contributed by atoms with Crippen LogP contribution in [-0.4, -0.2) is 73.6 Å². The number of anilines is 3. The molecule has 2 bridgehead atoms. The molecular formula is C26H33ClN6O4. The Hall–Kier alpha value is -3.08. The van der Waals surface area contributed by atoms with E-state index in [-0.39, 0.29) is 24.0 Å². The zero-order valence-electron chi connectivity index (χ0n) is 21.1. The van der Waals surface area contributed by atoms with Gasteiger partial charge in [0.25, 0.3) is 0 Å². The number of halogens is 1. The van der Waals surface area contributed by atoms with Gasteiger partial charge in [-0.2, -0.15) is 4.98 Å². The summed E-state index contributed by atoms with van der Waals surface area (Å²) in [7, 11) is 3.39. The number of aromatic nitrogens is 2. The Morgan fingerprint density at radius 3 is 2.81 bits per heavy atom. The number of carbonyl (C=O) groups excluding carboxylic acids is 1. The van der Waals surface area contributed by atoms with Gasteiger partial charge < -0.3 is 35.5 Å². The lowest BCUT2D eigenvalue weighted by Gasteiger charge is -2.28. The van der Waals surface area contributed by atoms with E-state index in [1.54, 1.807) is 20.4 Å². The third-order valence-corrected chi connectivity index (χ3v) is 7.78. The summed E-state index contributed by atoms with van der Waals surface area (Å²) in [6.07, 6.45) is 7.30. The summed E-state index contributed by atoms with van der Waals surface area (Å²) in [6, 6.07) is 3.94. The van der Waals surface area contributed by atoms with Gasteiger partial charge in [-0.05, 0) is 36.5 Å². The molecule has 37 heavy (non-hydrogen) atoms. The number of ether oxygens (including phenoxy) is 3. The van der Waals surface area contributed by atoms with Crippen molar-refractivity contribution < 1.29 is 19.0 Å². The van der Waals surface area contributed by atoms with E-state index < -0.39 is 6.09 Å². The monoisotopic (exact) mass is 528 g/mol. The predicted molar refractivity (Wildman–Crippen MR) is 142 cm³/mol. The van der Waals surface area contributed by atoms with Gasteiger partial charge in [0.05, 0.1) is 31.6 Å². The zero-order chi connectivity index (χ0) is 25.9. The summed E-state index contributed by atoms with van der Waals surface area (Å²) in [5.41, 5.74) is 8.66. The highest BCUT2D eigenvalue weighted by Crippen LogP contribution is 2.43. The van der Waals surface area contributed by atoms with E-state index in [4.69, 9.17) is 31.5 Å².